The predicted molar refractivity (Wildman–Crippen MR) is 111 cm³/mol. The summed E-state index contributed by atoms with van der Waals surface area (Å²) in [7, 11) is -4.58. The second-order valence-electron chi connectivity index (χ2n) is 7.06. The van der Waals surface area contributed by atoms with Gasteiger partial charge in [0.25, 0.3) is 10.1 Å². The van der Waals surface area contributed by atoms with Crippen molar-refractivity contribution >= 4 is 27.8 Å². The Hall–Kier alpha value is -3.04. The zero-order chi connectivity index (χ0) is 22.3. The van der Waals surface area contributed by atoms with Crippen molar-refractivity contribution in [3.05, 3.63) is 60.2 Å². The van der Waals surface area contributed by atoms with Crippen molar-refractivity contribution in [3.8, 4) is 11.1 Å². The van der Waals surface area contributed by atoms with Crippen molar-refractivity contribution in [1.29, 1.82) is 0 Å². The highest BCUT2D eigenvalue weighted by molar-refractivity contribution is 7.85. The number of amides is 1. The van der Waals surface area contributed by atoms with E-state index in [-0.39, 0.29) is 18.6 Å². The highest BCUT2D eigenvalue weighted by Crippen LogP contribution is 2.25. The van der Waals surface area contributed by atoms with Crippen LogP contribution in [0.4, 0.5) is 0 Å². The number of aliphatic carboxylic acids is 1. The van der Waals surface area contributed by atoms with Crippen LogP contribution in [0.15, 0.2) is 54.6 Å². The molecule has 1 unspecified atom stereocenters. The number of hydrogen-bond donors (Lipinski definition) is 3. The Morgan fingerprint density at radius 3 is 2.17 bits per heavy atom. The summed E-state index contributed by atoms with van der Waals surface area (Å²) in [4.78, 5) is 36.0. The molecule has 0 aromatic heterocycles. The first kappa shape index (κ1) is 23.2. The van der Waals surface area contributed by atoms with Crippen LogP contribution in [0.25, 0.3) is 11.1 Å². The SMILES string of the molecule is CC(CC(=O)N[C@@H](CS(=O)(=O)O)C(=O)O)CC(=O)c1ccccc1-c1ccccc1. The molecule has 3 N–H and O–H groups in total. The summed E-state index contributed by atoms with van der Waals surface area (Å²) < 4.78 is 30.6. The highest BCUT2D eigenvalue weighted by atomic mass is 32.2. The molecule has 2 rings (SSSR count). The first-order valence-corrected chi connectivity index (χ1v) is 10.8. The number of carbonyl (C=O) groups is 3. The number of nitrogens with one attached hydrogen (secondary N) is 1. The molecule has 0 fully saturated rings. The van der Waals surface area contributed by atoms with Gasteiger partial charge in [0.1, 0.15) is 11.8 Å². The summed E-state index contributed by atoms with van der Waals surface area (Å²) in [6, 6.07) is 14.8. The van der Waals surface area contributed by atoms with Crippen molar-refractivity contribution in [2.45, 2.75) is 25.8 Å². The molecule has 0 heterocycles. The molecule has 30 heavy (non-hydrogen) atoms. The van der Waals surface area contributed by atoms with E-state index in [0.29, 0.717) is 5.56 Å². The van der Waals surface area contributed by atoms with Gasteiger partial charge in [-0.05, 0) is 17.0 Å². The van der Waals surface area contributed by atoms with Gasteiger partial charge in [0, 0.05) is 18.4 Å². The van der Waals surface area contributed by atoms with Gasteiger partial charge in [0.2, 0.25) is 5.91 Å². The fourth-order valence-corrected chi connectivity index (χ4v) is 3.70. The largest absolute Gasteiger partial charge is 0.480 e. The van der Waals surface area contributed by atoms with E-state index in [1.54, 1.807) is 19.1 Å². The number of benzene rings is 2. The molecule has 0 radical (unpaired) electrons. The van der Waals surface area contributed by atoms with E-state index < -0.39 is 39.7 Å². The van der Waals surface area contributed by atoms with E-state index >= 15 is 0 Å². The topological polar surface area (TPSA) is 138 Å². The molecule has 0 saturated heterocycles. The third-order valence-corrected chi connectivity index (χ3v) is 5.15. The van der Waals surface area contributed by atoms with Crippen LogP contribution in [0, 0.1) is 5.92 Å². The molecule has 9 heteroatoms. The van der Waals surface area contributed by atoms with Gasteiger partial charge in [-0.1, -0.05) is 61.5 Å². The van der Waals surface area contributed by atoms with Crippen LogP contribution in [0.5, 0.6) is 0 Å². The molecule has 0 saturated carbocycles. The first-order valence-electron chi connectivity index (χ1n) is 9.22. The second-order valence-corrected chi connectivity index (χ2v) is 8.55. The van der Waals surface area contributed by atoms with E-state index in [1.807, 2.05) is 42.5 Å². The highest BCUT2D eigenvalue weighted by Gasteiger charge is 2.26. The summed E-state index contributed by atoms with van der Waals surface area (Å²) in [6.07, 6.45) is -0.123. The minimum atomic E-state index is -4.58. The summed E-state index contributed by atoms with van der Waals surface area (Å²) in [6.45, 7) is 1.67. The molecule has 8 nitrogen and oxygen atoms in total. The number of hydrogen-bond acceptors (Lipinski definition) is 5. The Balaban J connectivity index is 2.03. The third kappa shape index (κ3) is 7.09. The number of rotatable bonds is 10. The van der Waals surface area contributed by atoms with Gasteiger partial charge < -0.3 is 10.4 Å². The van der Waals surface area contributed by atoms with Gasteiger partial charge in [0.15, 0.2) is 5.78 Å². The van der Waals surface area contributed by atoms with E-state index in [9.17, 15) is 22.8 Å². The van der Waals surface area contributed by atoms with E-state index in [2.05, 4.69) is 5.32 Å². The molecular weight excluding hydrogens is 410 g/mol. The minimum Gasteiger partial charge on any atom is -0.480 e. The average Bonchev–Trinajstić information content (AvgIpc) is 2.66. The number of ketones is 1. The Bertz CT molecular complexity index is 1020. The van der Waals surface area contributed by atoms with E-state index in [1.165, 1.54) is 0 Å². The Kier molecular flexibility index (Phi) is 7.85. The summed E-state index contributed by atoms with van der Waals surface area (Å²) in [5.41, 5.74) is 2.19. The van der Waals surface area contributed by atoms with Gasteiger partial charge in [-0.15, -0.1) is 0 Å². The third-order valence-electron chi connectivity index (χ3n) is 4.39. The monoisotopic (exact) mass is 433 g/mol. The van der Waals surface area contributed by atoms with Gasteiger partial charge >= 0.3 is 5.97 Å². The zero-order valence-electron chi connectivity index (χ0n) is 16.3. The lowest BCUT2D eigenvalue weighted by atomic mass is 9.91. The van der Waals surface area contributed by atoms with Crippen molar-refractivity contribution in [2.75, 3.05) is 5.75 Å². The minimum absolute atomic E-state index is 0.0489. The van der Waals surface area contributed by atoms with Crippen molar-refractivity contribution in [1.82, 2.24) is 5.32 Å². The molecule has 0 aliphatic carbocycles. The normalized spacial score (nSPS) is 13.3. The number of carbonyl (C=O) groups excluding carboxylic acids is 2. The maximum Gasteiger partial charge on any atom is 0.327 e. The van der Waals surface area contributed by atoms with Crippen LogP contribution >= 0.6 is 0 Å². The fourth-order valence-electron chi connectivity index (χ4n) is 3.05. The molecule has 0 spiro atoms. The van der Waals surface area contributed by atoms with Crippen molar-refractivity contribution < 1.29 is 32.5 Å². The summed E-state index contributed by atoms with van der Waals surface area (Å²) in [5, 5.41) is 11.1. The molecule has 2 aromatic carbocycles. The fraction of sp³-hybridized carbons (Fsp3) is 0.286. The van der Waals surface area contributed by atoms with Crippen molar-refractivity contribution in [3.63, 3.8) is 0 Å². The van der Waals surface area contributed by atoms with Crippen LogP contribution in [0.1, 0.15) is 30.1 Å². The number of Topliss-reactive ketones (excluding diaryl/α,β-unsaturated/α-hetero) is 1. The molecule has 2 atom stereocenters. The van der Waals surface area contributed by atoms with Gasteiger partial charge in [-0.2, -0.15) is 8.42 Å². The lowest BCUT2D eigenvalue weighted by Crippen LogP contribution is -2.45. The average molecular weight is 433 g/mol. The number of carboxylic acids is 1. The second kappa shape index (κ2) is 10.1. The molecular formula is C21H23NO7S. The maximum absolute atomic E-state index is 12.8. The van der Waals surface area contributed by atoms with Crippen LogP contribution in [0.3, 0.4) is 0 Å². The molecule has 0 bridgehead atoms. The van der Waals surface area contributed by atoms with Crippen LogP contribution in [-0.2, 0) is 19.7 Å². The zero-order valence-corrected chi connectivity index (χ0v) is 17.1. The predicted octanol–water partition coefficient (Wildman–Crippen LogP) is 2.41. The lowest BCUT2D eigenvalue weighted by Gasteiger charge is -2.16. The first-order chi connectivity index (χ1) is 14.1. The lowest BCUT2D eigenvalue weighted by molar-refractivity contribution is -0.141. The quantitative estimate of drug-likeness (QED) is 0.386. The van der Waals surface area contributed by atoms with Gasteiger partial charge in [-0.25, -0.2) is 4.79 Å². The Morgan fingerprint density at radius 1 is 0.967 bits per heavy atom. The van der Waals surface area contributed by atoms with Crippen LogP contribution < -0.4 is 5.32 Å². The Labute approximate surface area is 174 Å². The molecule has 1 amide bonds. The van der Waals surface area contributed by atoms with E-state index in [4.69, 9.17) is 9.66 Å². The molecule has 160 valence electrons. The number of carboxylic acid groups (broad SMARTS) is 1. The van der Waals surface area contributed by atoms with Crippen LogP contribution in [0.2, 0.25) is 0 Å². The summed E-state index contributed by atoms with van der Waals surface area (Å²) in [5.74, 6) is -4.01. The molecule has 0 aliphatic rings. The standard InChI is InChI=1S/C21H23NO7S/c1-14(12-20(24)22-18(21(25)26)13-30(27,28)29)11-19(23)17-10-6-5-9-16(17)15-7-3-2-4-8-15/h2-10,14,18H,11-13H2,1H3,(H,22,24)(H,25,26)(H,27,28,29)/t14?,18-/m0/s1. The summed E-state index contributed by atoms with van der Waals surface area (Å²) >= 11 is 0. The van der Waals surface area contributed by atoms with Crippen LogP contribution in [-0.4, -0.2) is 47.5 Å². The van der Waals surface area contributed by atoms with Crippen molar-refractivity contribution in [2.24, 2.45) is 5.92 Å². The maximum atomic E-state index is 12.8. The molecule has 0 aliphatic heterocycles. The molecule has 2 aromatic rings. The van der Waals surface area contributed by atoms with E-state index in [0.717, 1.165) is 11.1 Å². The van der Waals surface area contributed by atoms with Gasteiger partial charge in [-0.3, -0.25) is 14.1 Å². The van der Waals surface area contributed by atoms with Gasteiger partial charge in [0.05, 0.1) is 0 Å². The Morgan fingerprint density at radius 2 is 1.57 bits per heavy atom. The smallest absolute Gasteiger partial charge is 0.327 e.